The van der Waals surface area contributed by atoms with Crippen LogP contribution in [0.4, 0.5) is 5.82 Å². The molecular formula is C16H13BrN2O3. The minimum absolute atomic E-state index is 0.0267. The van der Waals surface area contributed by atoms with Crippen molar-refractivity contribution in [3.05, 3.63) is 46.6 Å². The number of ether oxygens (including phenoxy) is 2. The van der Waals surface area contributed by atoms with Gasteiger partial charge in [0.15, 0.2) is 11.5 Å². The molecule has 5 nitrogen and oxygen atoms in total. The molecule has 22 heavy (non-hydrogen) atoms. The van der Waals surface area contributed by atoms with Crippen molar-refractivity contribution in [2.24, 2.45) is 0 Å². The van der Waals surface area contributed by atoms with Gasteiger partial charge in [0.2, 0.25) is 12.7 Å². The lowest BCUT2D eigenvalue weighted by Crippen LogP contribution is -2.28. The van der Waals surface area contributed by atoms with Gasteiger partial charge < -0.3 is 14.8 Å². The van der Waals surface area contributed by atoms with Gasteiger partial charge in [-0.15, -0.1) is 0 Å². The highest BCUT2D eigenvalue weighted by molar-refractivity contribution is 9.10. The summed E-state index contributed by atoms with van der Waals surface area (Å²) < 4.78 is 11.6. The lowest BCUT2D eigenvalue weighted by atomic mass is 9.94. The van der Waals surface area contributed by atoms with Crippen LogP contribution in [0.25, 0.3) is 0 Å². The number of amides is 1. The monoisotopic (exact) mass is 360 g/mol. The molecule has 1 fully saturated rings. The van der Waals surface area contributed by atoms with Gasteiger partial charge in [-0.25, -0.2) is 4.98 Å². The number of aromatic nitrogens is 1. The van der Waals surface area contributed by atoms with Crippen LogP contribution in [0.5, 0.6) is 11.5 Å². The predicted octanol–water partition coefficient (Wildman–Crippen LogP) is 3.24. The van der Waals surface area contributed by atoms with Gasteiger partial charge in [0.05, 0.1) is 5.41 Å². The lowest BCUT2D eigenvalue weighted by molar-refractivity contribution is -0.118. The SMILES string of the molecule is O=C(Nc1ccc(Br)cn1)C1(c2ccc3c(c2)OCO3)CC1. The van der Waals surface area contributed by atoms with Crippen LogP contribution in [0.2, 0.25) is 0 Å². The first-order chi connectivity index (χ1) is 10.7. The van der Waals surface area contributed by atoms with Gasteiger partial charge in [0.1, 0.15) is 5.82 Å². The first-order valence-corrected chi connectivity index (χ1v) is 7.80. The van der Waals surface area contributed by atoms with Crippen LogP contribution in [0.15, 0.2) is 41.0 Å². The Labute approximate surface area is 135 Å². The maximum Gasteiger partial charge on any atom is 0.236 e. The second kappa shape index (κ2) is 4.98. The molecule has 1 aromatic heterocycles. The minimum Gasteiger partial charge on any atom is -0.454 e. The molecule has 0 saturated heterocycles. The Morgan fingerprint density at radius 3 is 2.73 bits per heavy atom. The Balaban J connectivity index is 1.58. The molecule has 6 heteroatoms. The summed E-state index contributed by atoms with van der Waals surface area (Å²) in [6.07, 6.45) is 3.32. The molecule has 0 atom stereocenters. The molecule has 1 saturated carbocycles. The minimum atomic E-state index is -0.476. The number of carbonyl (C=O) groups is 1. The van der Waals surface area contributed by atoms with Gasteiger partial charge in [-0.2, -0.15) is 0 Å². The molecule has 0 radical (unpaired) electrons. The van der Waals surface area contributed by atoms with E-state index in [-0.39, 0.29) is 12.7 Å². The fraction of sp³-hybridized carbons (Fsp3) is 0.250. The number of nitrogens with one attached hydrogen (secondary N) is 1. The first kappa shape index (κ1) is 13.6. The average molecular weight is 361 g/mol. The lowest BCUT2D eigenvalue weighted by Gasteiger charge is -2.16. The van der Waals surface area contributed by atoms with E-state index in [9.17, 15) is 4.79 Å². The third-order valence-electron chi connectivity index (χ3n) is 4.08. The molecule has 1 aromatic carbocycles. The summed E-state index contributed by atoms with van der Waals surface area (Å²) in [5, 5.41) is 2.90. The van der Waals surface area contributed by atoms with Crippen LogP contribution in [0, 0.1) is 0 Å². The van der Waals surface area contributed by atoms with Crippen molar-refractivity contribution in [2.75, 3.05) is 12.1 Å². The number of pyridine rings is 1. The zero-order valence-electron chi connectivity index (χ0n) is 11.6. The maximum absolute atomic E-state index is 12.6. The molecule has 112 valence electrons. The van der Waals surface area contributed by atoms with Crippen molar-refractivity contribution in [1.29, 1.82) is 0 Å². The van der Waals surface area contributed by atoms with E-state index in [0.29, 0.717) is 11.6 Å². The van der Waals surface area contributed by atoms with Gasteiger partial charge in [0.25, 0.3) is 0 Å². The summed E-state index contributed by atoms with van der Waals surface area (Å²) >= 11 is 3.33. The summed E-state index contributed by atoms with van der Waals surface area (Å²) in [6, 6.07) is 9.34. The Morgan fingerprint density at radius 1 is 1.18 bits per heavy atom. The Morgan fingerprint density at radius 2 is 2.00 bits per heavy atom. The van der Waals surface area contributed by atoms with Crippen LogP contribution in [-0.4, -0.2) is 17.7 Å². The highest BCUT2D eigenvalue weighted by Crippen LogP contribution is 2.51. The normalized spacial score (nSPS) is 17.1. The smallest absolute Gasteiger partial charge is 0.236 e. The molecule has 2 aliphatic rings. The number of rotatable bonds is 3. The summed E-state index contributed by atoms with van der Waals surface area (Å²) in [4.78, 5) is 16.8. The van der Waals surface area contributed by atoms with Gasteiger partial charge in [-0.05, 0) is 58.6 Å². The summed E-state index contributed by atoms with van der Waals surface area (Å²) in [6.45, 7) is 0.237. The second-order valence-corrected chi connectivity index (χ2v) is 6.38. The van der Waals surface area contributed by atoms with E-state index in [1.807, 2.05) is 24.3 Å². The van der Waals surface area contributed by atoms with E-state index < -0.39 is 5.41 Å². The van der Waals surface area contributed by atoms with Gasteiger partial charge in [-0.1, -0.05) is 6.07 Å². The third kappa shape index (κ3) is 2.23. The van der Waals surface area contributed by atoms with Crippen LogP contribution in [0.3, 0.4) is 0 Å². The van der Waals surface area contributed by atoms with E-state index in [1.54, 1.807) is 12.3 Å². The summed E-state index contributed by atoms with van der Waals surface area (Å²) in [7, 11) is 0. The quantitative estimate of drug-likeness (QED) is 0.912. The van der Waals surface area contributed by atoms with E-state index >= 15 is 0 Å². The number of halogens is 1. The molecular weight excluding hydrogens is 348 g/mol. The summed E-state index contributed by atoms with van der Waals surface area (Å²) in [5.41, 5.74) is 0.488. The Bertz CT molecular complexity index is 742. The molecule has 4 rings (SSSR count). The Hall–Kier alpha value is -2.08. The number of fused-ring (bicyclic) bond motifs is 1. The fourth-order valence-electron chi connectivity index (χ4n) is 2.65. The largest absolute Gasteiger partial charge is 0.454 e. The zero-order valence-corrected chi connectivity index (χ0v) is 13.2. The molecule has 1 N–H and O–H groups in total. The number of hydrogen-bond donors (Lipinski definition) is 1. The third-order valence-corrected chi connectivity index (χ3v) is 4.55. The van der Waals surface area contributed by atoms with Crippen LogP contribution in [-0.2, 0) is 10.2 Å². The fourth-order valence-corrected chi connectivity index (χ4v) is 2.89. The number of anilines is 1. The van der Waals surface area contributed by atoms with E-state index in [1.165, 1.54) is 0 Å². The van der Waals surface area contributed by atoms with Gasteiger partial charge >= 0.3 is 0 Å². The number of nitrogens with zero attached hydrogens (tertiary/aromatic N) is 1. The van der Waals surface area contributed by atoms with Crippen LogP contribution >= 0.6 is 15.9 Å². The molecule has 0 spiro atoms. The van der Waals surface area contributed by atoms with Crippen LogP contribution in [0.1, 0.15) is 18.4 Å². The molecule has 1 amide bonds. The summed E-state index contributed by atoms with van der Waals surface area (Å²) in [5.74, 6) is 1.97. The average Bonchev–Trinajstić information content (AvgIpc) is 3.21. The van der Waals surface area contributed by atoms with E-state index in [2.05, 4.69) is 26.2 Å². The number of hydrogen-bond acceptors (Lipinski definition) is 4. The van der Waals surface area contributed by atoms with Crippen LogP contribution < -0.4 is 14.8 Å². The highest BCUT2D eigenvalue weighted by Gasteiger charge is 2.51. The van der Waals surface area contributed by atoms with Crippen molar-refractivity contribution >= 4 is 27.7 Å². The number of benzene rings is 1. The maximum atomic E-state index is 12.6. The first-order valence-electron chi connectivity index (χ1n) is 7.01. The Kier molecular flexibility index (Phi) is 3.07. The molecule has 2 aromatic rings. The molecule has 0 bridgehead atoms. The molecule has 1 aliphatic heterocycles. The van der Waals surface area contributed by atoms with Gasteiger partial charge in [-0.3, -0.25) is 4.79 Å². The van der Waals surface area contributed by atoms with Crippen molar-refractivity contribution < 1.29 is 14.3 Å². The van der Waals surface area contributed by atoms with Crippen molar-refractivity contribution in [3.63, 3.8) is 0 Å². The van der Waals surface area contributed by atoms with E-state index in [4.69, 9.17) is 9.47 Å². The standard InChI is InChI=1S/C16H13BrN2O3/c17-11-2-4-14(18-8-11)19-15(20)16(5-6-16)10-1-3-12-13(7-10)22-9-21-12/h1-4,7-8H,5-6,9H2,(H,18,19,20). The molecule has 2 heterocycles. The van der Waals surface area contributed by atoms with Crippen molar-refractivity contribution in [1.82, 2.24) is 4.98 Å². The topological polar surface area (TPSA) is 60.5 Å². The zero-order chi connectivity index (χ0) is 15.2. The predicted molar refractivity (Wildman–Crippen MR) is 84.0 cm³/mol. The highest BCUT2D eigenvalue weighted by atomic mass is 79.9. The van der Waals surface area contributed by atoms with E-state index in [0.717, 1.165) is 28.6 Å². The second-order valence-electron chi connectivity index (χ2n) is 5.47. The molecule has 0 unspecified atom stereocenters. The van der Waals surface area contributed by atoms with Crippen molar-refractivity contribution in [2.45, 2.75) is 18.3 Å². The molecule has 1 aliphatic carbocycles. The van der Waals surface area contributed by atoms with Gasteiger partial charge in [0, 0.05) is 10.7 Å². The van der Waals surface area contributed by atoms with Crippen molar-refractivity contribution in [3.8, 4) is 11.5 Å². The number of carbonyl (C=O) groups excluding carboxylic acids is 1.